The molecule has 4 aromatic rings. The van der Waals surface area contributed by atoms with Crippen molar-refractivity contribution in [2.45, 2.75) is 92.0 Å². The summed E-state index contributed by atoms with van der Waals surface area (Å²) < 4.78 is 14.0. The first-order valence-corrected chi connectivity index (χ1v) is 22.1. The van der Waals surface area contributed by atoms with Crippen molar-refractivity contribution in [1.82, 2.24) is 40.1 Å². The van der Waals surface area contributed by atoms with Gasteiger partial charge in [0.2, 0.25) is 11.8 Å². The maximum atomic E-state index is 14.6. The number of ether oxygens (including phenoxy) is 2. The van der Waals surface area contributed by atoms with Crippen LogP contribution in [0.25, 0.3) is 33.3 Å². The molecular weight excluding hydrogens is 813 g/mol. The number of nitrogens with one attached hydrogen (secondary N) is 2. The molecule has 6 heterocycles. The van der Waals surface area contributed by atoms with E-state index in [4.69, 9.17) is 14.5 Å². The van der Waals surface area contributed by atoms with Gasteiger partial charge < -0.3 is 29.2 Å². The maximum absolute atomic E-state index is 14.6. The van der Waals surface area contributed by atoms with Crippen LogP contribution in [0.3, 0.4) is 0 Å². The molecule has 3 aliphatic heterocycles. The third-order valence-corrected chi connectivity index (χ3v) is 12.5. The number of likely N-dealkylation sites (N-methyl/N-ethyl adjacent to an activating group) is 1. The van der Waals surface area contributed by atoms with Gasteiger partial charge in [-0.2, -0.15) is 0 Å². The summed E-state index contributed by atoms with van der Waals surface area (Å²) in [5.41, 5.74) is 10.6. The third kappa shape index (κ3) is 9.51. The topological polar surface area (TPSA) is 168 Å². The molecule has 2 N–H and O–H groups in total. The summed E-state index contributed by atoms with van der Waals surface area (Å²) in [5.74, 6) is -2.61. The lowest BCUT2D eigenvalue weighted by Crippen LogP contribution is -2.60. The number of esters is 1. The molecule has 0 unspecified atom stereocenters. The van der Waals surface area contributed by atoms with E-state index in [-0.39, 0.29) is 37.1 Å². The minimum atomic E-state index is -1.14. The molecule has 3 aliphatic rings. The van der Waals surface area contributed by atoms with E-state index in [2.05, 4.69) is 71.9 Å². The number of pyridine rings is 2. The molecule has 1 aromatic carbocycles. The Labute approximate surface area is 374 Å². The zero-order valence-electron chi connectivity index (χ0n) is 38.0. The number of cyclic esters (lactones) is 1. The van der Waals surface area contributed by atoms with E-state index in [1.54, 1.807) is 38.3 Å². The molecule has 0 spiro atoms. The van der Waals surface area contributed by atoms with E-state index >= 15 is 0 Å². The number of rotatable bonds is 9. The van der Waals surface area contributed by atoms with Gasteiger partial charge in [0.25, 0.3) is 11.8 Å². The Balaban J connectivity index is 1.29. The standard InChI is InChI=1S/C49H60N8O7/c1-9-42(58)55-22-18-33(27-55)46(60)54(7)43(30(3)4)45(59)52-39-25-34-23-32(17-20-50-34)31-15-16-41-36(24-31)37(44(56(41)10-2)35-13-11-19-51-40(35)28-63-8)26-49(5,6)29-64-48(62)38-14-12-21-57(53-38)47(39)61/h9,11,13,15-17,19-20,23-24,33,38-39,53H,1,10,12,14,18,21-22,25-29H2,2-8H3,(H,52,59)/t33-,38-,39-/m0/s1. The van der Waals surface area contributed by atoms with Crippen LogP contribution in [0.2, 0.25) is 0 Å². The van der Waals surface area contributed by atoms with Crippen LogP contribution in [0.1, 0.15) is 70.8 Å². The van der Waals surface area contributed by atoms with Gasteiger partial charge in [-0.25, -0.2) is 5.43 Å². The molecule has 2 fully saturated rings. The number of aromatic nitrogens is 3. The number of hydrogen-bond donors (Lipinski definition) is 2. The first-order valence-electron chi connectivity index (χ1n) is 22.1. The molecular formula is C49H60N8O7. The van der Waals surface area contributed by atoms with E-state index in [1.165, 1.54) is 23.0 Å². The number of amides is 4. The molecule has 0 aliphatic carbocycles. The van der Waals surface area contributed by atoms with Crippen LogP contribution >= 0.6 is 0 Å². The van der Waals surface area contributed by atoms with Crippen molar-refractivity contribution in [1.29, 1.82) is 0 Å². The number of fused-ring (bicyclic) bond motifs is 6. The number of benzene rings is 1. The Hall–Kier alpha value is -6.19. The van der Waals surface area contributed by atoms with E-state index < -0.39 is 41.2 Å². The predicted octanol–water partition coefficient (Wildman–Crippen LogP) is 5.37. The lowest BCUT2D eigenvalue weighted by Gasteiger charge is -2.36. The summed E-state index contributed by atoms with van der Waals surface area (Å²) in [4.78, 5) is 81.3. The molecule has 15 heteroatoms. The zero-order chi connectivity index (χ0) is 45.9. The molecule has 3 aromatic heterocycles. The van der Waals surface area contributed by atoms with Crippen molar-refractivity contribution in [3.8, 4) is 22.4 Å². The highest BCUT2D eigenvalue weighted by Gasteiger charge is 2.38. The number of likely N-dealkylation sites (tertiary alicyclic amines) is 1. The van der Waals surface area contributed by atoms with Crippen LogP contribution < -0.4 is 10.7 Å². The minimum Gasteiger partial charge on any atom is -0.464 e. The average molecular weight is 873 g/mol. The largest absolute Gasteiger partial charge is 0.464 e. The molecule has 6 bridgehead atoms. The predicted molar refractivity (Wildman–Crippen MR) is 243 cm³/mol. The summed E-state index contributed by atoms with van der Waals surface area (Å²) >= 11 is 0. The second kappa shape index (κ2) is 19.3. The SMILES string of the molecule is C=CC(=O)N1CC[C@H](C(=O)N(C)C(C(=O)N[C@H]2Cc3cc(ccn3)-c3ccc4c(c3)c(c(-c3cccnc3COC)n4CC)CC(C)(C)COC(=O)[C@@H]3CCCN(N3)C2=O)=C(C)C)C1. The third-order valence-electron chi connectivity index (χ3n) is 12.5. The quantitative estimate of drug-likeness (QED) is 0.165. The number of carbonyl (C=O) groups excluding carboxylic acids is 5. The highest BCUT2D eigenvalue weighted by atomic mass is 16.5. The molecule has 7 rings (SSSR count). The van der Waals surface area contributed by atoms with Crippen molar-refractivity contribution < 1.29 is 33.4 Å². The van der Waals surface area contributed by atoms with Crippen molar-refractivity contribution in [2.75, 3.05) is 40.4 Å². The number of methoxy groups -OCH3 is 1. The van der Waals surface area contributed by atoms with Gasteiger partial charge >= 0.3 is 5.97 Å². The number of allylic oxidation sites excluding steroid dienone is 1. The maximum Gasteiger partial charge on any atom is 0.324 e. The number of hydrazine groups is 1. The molecule has 0 radical (unpaired) electrons. The normalized spacial score (nSPS) is 20.0. The summed E-state index contributed by atoms with van der Waals surface area (Å²) in [7, 11) is 3.20. The van der Waals surface area contributed by atoms with Crippen LogP contribution in [0.15, 0.2) is 78.8 Å². The second-order valence-corrected chi connectivity index (χ2v) is 18.0. The first-order chi connectivity index (χ1) is 30.6. The Bertz CT molecular complexity index is 2500. The lowest BCUT2D eigenvalue weighted by atomic mass is 9.84. The summed E-state index contributed by atoms with van der Waals surface area (Å²) in [6.07, 6.45) is 6.73. The Morgan fingerprint density at radius 2 is 1.84 bits per heavy atom. The van der Waals surface area contributed by atoms with Gasteiger partial charge in [0, 0.05) is 86.7 Å². The average Bonchev–Trinajstić information content (AvgIpc) is 3.90. The van der Waals surface area contributed by atoms with Gasteiger partial charge in [0.1, 0.15) is 17.8 Å². The van der Waals surface area contributed by atoms with Gasteiger partial charge in [-0.1, -0.05) is 26.5 Å². The van der Waals surface area contributed by atoms with Gasteiger partial charge in [0.05, 0.1) is 30.5 Å². The van der Waals surface area contributed by atoms with Gasteiger partial charge in [-0.3, -0.25) is 38.9 Å². The summed E-state index contributed by atoms with van der Waals surface area (Å²) in [5, 5.41) is 5.40. The van der Waals surface area contributed by atoms with Crippen molar-refractivity contribution in [3.63, 3.8) is 0 Å². The number of carbonyl (C=O) groups is 5. The second-order valence-electron chi connectivity index (χ2n) is 18.0. The van der Waals surface area contributed by atoms with Gasteiger partial charge in [-0.15, -0.1) is 0 Å². The van der Waals surface area contributed by atoms with Crippen LogP contribution in [0, 0.1) is 11.3 Å². The van der Waals surface area contributed by atoms with Gasteiger partial charge in [0.15, 0.2) is 0 Å². The molecule has 64 heavy (non-hydrogen) atoms. The molecule has 3 atom stereocenters. The van der Waals surface area contributed by atoms with Crippen molar-refractivity contribution in [2.24, 2.45) is 11.3 Å². The zero-order valence-corrected chi connectivity index (χ0v) is 38.0. The fourth-order valence-corrected chi connectivity index (χ4v) is 9.32. The summed E-state index contributed by atoms with van der Waals surface area (Å²) in [6.45, 7) is 15.4. The monoisotopic (exact) mass is 872 g/mol. The fraction of sp³-hybridized carbons (Fsp3) is 0.449. The number of aryl methyl sites for hydroxylation is 1. The Morgan fingerprint density at radius 3 is 2.58 bits per heavy atom. The van der Waals surface area contributed by atoms with Crippen molar-refractivity contribution >= 4 is 40.5 Å². The van der Waals surface area contributed by atoms with Crippen LogP contribution in [-0.2, 0) is 59.4 Å². The molecule has 2 saturated heterocycles. The Kier molecular flexibility index (Phi) is 13.8. The highest BCUT2D eigenvalue weighted by molar-refractivity contribution is 6.01. The fourth-order valence-electron chi connectivity index (χ4n) is 9.32. The minimum absolute atomic E-state index is 0.0159. The van der Waals surface area contributed by atoms with Crippen LogP contribution in [-0.4, -0.2) is 111 Å². The molecule has 15 nitrogen and oxygen atoms in total. The number of hydrogen-bond acceptors (Lipinski definition) is 10. The molecule has 4 amide bonds. The molecule has 0 saturated carbocycles. The smallest absolute Gasteiger partial charge is 0.324 e. The first kappa shape index (κ1) is 45.8. The summed E-state index contributed by atoms with van der Waals surface area (Å²) in [6, 6.07) is 12.3. The van der Waals surface area contributed by atoms with E-state index in [0.29, 0.717) is 63.2 Å². The van der Waals surface area contributed by atoms with Crippen LogP contribution in [0.5, 0.6) is 0 Å². The van der Waals surface area contributed by atoms with Gasteiger partial charge in [-0.05, 0) is 111 Å². The highest BCUT2D eigenvalue weighted by Crippen LogP contribution is 2.41. The van der Waals surface area contributed by atoms with E-state index in [1.807, 2.05) is 18.2 Å². The number of nitrogens with zero attached hydrogens (tertiary/aromatic N) is 6. The van der Waals surface area contributed by atoms with E-state index in [0.717, 1.165) is 44.5 Å². The van der Waals surface area contributed by atoms with Crippen LogP contribution in [0.4, 0.5) is 0 Å². The van der Waals surface area contributed by atoms with E-state index in [9.17, 15) is 24.0 Å². The van der Waals surface area contributed by atoms with Crippen molar-refractivity contribution in [3.05, 3.63) is 95.7 Å². The molecule has 338 valence electrons. The Morgan fingerprint density at radius 1 is 1.06 bits per heavy atom. The lowest BCUT2D eigenvalue weighted by molar-refractivity contribution is -0.155.